The van der Waals surface area contributed by atoms with Gasteiger partial charge in [-0.25, -0.2) is 0 Å². The first-order valence-electron chi connectivity index (χ1n) is 35.8. The molecule has 4 aliphatic heterocycles. The van der Waals surface area contributed by atoms with Crippen molar-refractivity contribution < 1.29 is 31.1 Å². The Bertz CT molecular complexity index is 2800. The Kier molecular flexibility index (Phi) is 29.6. The van der Waals surface area contributed by atoms with E-state index in [1.807, 2.05) is 37.5 Å². The first-order chi connectivity index (χ1) is 44.8. The minimum atomic E-state index is -4.57. The maximum atomic E-state index is 14.8. The summed E-state index contributed by atoms with van der Waals surface area (Å²) < 4.78 is 82.5. The molecule has 1 saturated carbocycles. The third-order valence-electron chi connectivity index (χ3n) is 21.5. The van der Waals surface area contributed by atoms with E-state index >= 15 is 0 Å². The fourth-order valence-corrected chi connectivity index (χ4v) is 15.6. The molecule has 5 unspecified atom stereocenters. The number of alkyl halides is 6. The average molecular weight is 1340 g/mol. The standard InChI is InChI=1S/C74H117ClF6N12O/c1-13-16-17-24-66-54(7)85-47-68-69(71(94)91-40-20-21-41-91)57(10)93(68)70(52(5)15-3)55(8)88-72(34-18-19-35-72)50-83-38-37-82-36-33-61(31-27-59-28-32-64(65(75)45-59)74(79,80)81)84-39-43-89(11)48-63(44-58-25-29-60(30-26-58)73(76,77)78)90(12)49-62-23-22-42-92(62)56(9)53(6)87-67(46-86-66)51(4)14-2/h25-26,28-30,32-33,36,39,43,45,48-49,51-57,66-70,83-88H,13-24,27,31,34-35,37-38,40-42,44,46-47,50H2,1-12H3/t51-,52-,53?,54?,55?,56-,57?,66-,67+,68?,69-,70-/m0/s1. The van der Waals surface area contributed by atoms with Gasteiger partial charge in [-0.2, -0.15) is 26.3 Å². The van der Waals surface area contributed by atoms with Gasteiger partial charge in [-0.15, -0.1) is 0 Å². The minimum Gasteiger partial charge on any atom is -0.369 e. The fraction of sp³-hybridized carbons (Fsp3) is 0.703. The third kappa shape index (κ3) is 21.4. The summed E-state index contributed by atoms with van der Waals surface area (Å²) in [4.78, 5) is 31.0. The summed E-state index contributed by atoms with van der Waals surface area (Å²) in [7, 11) is 3.90. The Morgan fingerprint density at radius 3 is 2.14 bits per heavy atom. The number of amides is 1. The lowest BCUT2D eigenvalue weighted by Crippen LogP contribution is -2.76. The molecule has 4 fully saturated rings. The van der Waals surface area contributed by atoms with Crippen LogP contribution in [0.5, 0.6) is 0 Å². The quantitative estimate of drug-likeness (QED) is 0.0802. The highest BCUT2D eigenvalue weighted by Gasteiger charge is 2.55. The maximum Gasteiger partial charge on any atom is 0.417 e. The number of carbonyl (C=O) groups is 1. The molecule has 1 amide bonds. The minimum absolute atomic E-state index is 0.0525. The number of hydrogen-bond donors (Lipinski definition) is 6. The Labute approximate surface area is 566 Å². The summed E-state index contributed by atoms with van der Waals surface area (Å²) in [6.07, 6.45) is 18.7. The molecule has 2 aromatic carbocycles. The highest BCUT2D eigenvalue weighted by Crippen LogP contribution is 2.42. The van der Waals surface area contributed by atoms with E-state index in [4.69, 9.17) is 16.6 Å². The summed E-state index contributed by atoms with van der Waals surface area (Å²) in [5.41, 5.74) is 2.54. The van der Waals surface area contributed by atoms with Crippen molar-refractivity contribution in [3.63, 3.8) is 0 Å². The number of unbranched alkanes of at least 4 members (excludes halogenated alkanes) is 2. The van der Waals surface area contributed by atoms with Crippen LogP contribution in [0.2, 0.25) is 5.02 Å². The van der Waals surface area contributed by atoms with Crippen molar-refractivity contribution in [2.45, 2.75) is 251 Å². The molecule has 1 spiro atoms. The van der Waals surface area contributed by atoms with Crippen molar-refractivity contribution in [3.8, 4) is 0 Å². The number of fused-ring (bicyclic) bond motifs is 2. The predicted molar refractivity (Wildman–Crippen MR) is 374 cm³/mol. The van der Waals surface area contributed by atoms with Crippen molar-refractivity contribution in [3.05, 3.63) is 118 Å². The number of aliphatic imine (C=N–C) groups is 1. The van der Waals surface area contributed by atoms with Crippen molar-refractivity contribution in [2.75, 3.05) is 66.5 Å². The molecule has 1 aliphatic carbocycles. The molecule has 13 nitrogen and oxygen atoms in total. The Morgan fingerprint density at radius 1 is 0.777 bits per heavy atom. The molecular weight excluding hydrogens is 1220 g/mol. The van der Waals surface area contributed by atoms with Gasteiger partial charge in [0.1, 0.15) is 0 Å². The summed E-state index contributed by atoms with van der Waals surface area (Å²) in [6.45, 7) is 29.4. The van der Waals surface area contributed by atoms with Gasteiger partial charge in [-0.05, 0) is 146 Å². The Morgan fingerprint density at radius 2 is 1.48 bits per heavy atom. The van der Waals surface area contributed by atoms with Crippen LogP contribution in [-0.4, -0.2) is 163 Å². The summed E-state index contributed by atoms with van der Waals surface area (Å²) in [5, 5.41) is 23.6. The molecule has 5 aliphatic rings. The normalized spacial score (nSPS) is 28.2. The zero-order chi connectivity index (χ0) is 68.3. The number of carbonyl (C=O) groups excluding carboxylic acids is 1. The van der Waals surface area contributed by atoms with Crippen LogP contribution in [0.1, 0.15) is 188 Å². The van der Waals surface area contributed by atoms with Gasteiger partial charge in [0.05, 0.1) is 28.6 Å². The van der Waals surface area contributed by atoms with Gasteiger partial charge in [0.15, 0.2) is 0 Å². The number of benzene rings is 2. The van der Waals surface area contributed by atoms with Crippen molar-refractivity contribution in [1.82, 2.24) is 56.4 Å². The van der Waals surface area contributed by atoms with E-state index in [0.717, 1.165) is 158 Å². The molecule has 4 heterocycles. The lowest BCUT2D eigenvalue weighted by atomic mass is 9.74. The second-order valence-electron chi connectivity index (χ2n) is 28.4. The number of aryl methyl sites for hydroxylation is 1. The lowest BCUT2D eigenvalue weighted by Gasteiger charge is -2.60. The second-order valence-corrected chi connectivity index (χ2v) is 28.8. The molecular formula is C74H117ClF6N12O. The first kappa shape index (κ1) is 76.7. The van der Waals surface area contributed by atoms with E-state index in [2.05, 4.69) is 127 Å². The summed E-state index contributed by atoms with van der Waals surface area (Å²) in [6, 6.07) is 10.6. The van der Waals surface area contributed by atoms with Gasteiger partial charge >= 0.3 is 12.4 Å². The number of likely N-dealkylation sites (N-methyl/N-ethyl adjacent to an activating group) is 1. The van der Waals surface area contributed by atoms with Gasteiger partial charge in [0.25, 0.3) is 0 Å². The van der Waals surface area contributed by atoms with Crippen LogP contribution in [0.15, 0.2) is 95.4 Å². The SMILES string of the molecule is CCCCC[C@@H]1NC[C@H]([C@@H](C)CC)NC(C)[C@H](C)N2CCCC2=CN(C)C(Cc2ccc(C(F)(F)F)cc2)=CN(C)C=CNC(CCc2ccc(C(F)(F)F)c(Cl)c2)=CC=NCCNCC2(CCCC2)NC(C)[C@H]([C@@H](C)CC)N2C(C)[C@H](C(=O)N3CCCC3)C2CNC1C. The molecule has 20 heteroatoms. The number of nitrogens with zero attached hydrogens (tertiary/aromatic N) is 6. The third-order valence-corrected chi connectivity index (χ3v) is 21.9. The number of nitrogens with one attached hydrogen (secondary N) is 6. The number of rotatable bonds is 14. The largest absolute Gasteiger partial charge is 0.417 e. The first-order valence-corrected chi connectivity index (χ1v) is 36.2. The monoisotopic (exact) mass is 1340 g/mol. The van der Waals surface area contributed by atoms with Gasteiger partial charge in [-0.3, -0.25) is 14.7 Å². The van der Waals surface area contributed by atoms with Crippen LogP contribution >= 0.6 is 11.6 Å². The molecule has 6 N–H and O–H groups in total. The van der Waals surface area contributed by atoms with E-state index in [-0.39, 0.29) is 70.9 Å². The van der Waals surface area contributed by atoms with E-state index in [0.29, 0.717) is 55.7 Å². The molecule has 94 heavy (non-hydrogen) atoms. The Hall–Kier alpha value is -4.63. The molecule has 2 aromatic rings. The van der Waals surface area contributed by atoms with Crippen LogP contribution in [0, 0.1) is 17.8 Å². The highest BCUT2D eigenvalue weighted by molar-refractivity contribution is 6.31. The van der Waals surface area contributed by atoms with Crippen LogP contribution in [0.25, 0.3) is 0 Å². The van der Waals surface area contributed by atoms with Crippen molar-refractivity contribution in [2.24, 2.45) is 22.7 Å². The van der Waals surface area contributed by atoms with Crippen LogP contribution < -0.4 is 31.9 Å². The molecule has 7 rings (SSSR count). The molecule has 0 bridgehead atoms. The average Bonchev–Trinajstić information content (AvgIpc) is 0.812. The van der Waals surface area contributed by atoms with E-state index < -0.39 is 23.5 Å². The van der Waals surface area contributed by atoms with Crippen LogP contribution in [-0.2, 0) is 30.0 Å². The van der Waals surface area contributed by atoms with Crippen molar-refractivity contribution >= 4 is 23.7 Å². The topological polar surface area (TPSA) is 118 Å². The molecule has 0 aromatic heterocycles. The number of likely N-dealkylation sites (tertiary alicyclic amines) is 1. The molecule has 3 saturated heterocycles. The number of hydrogen-bond acceptors (Lipinski definition) is 12. The molecule has 12 atom stereocenters. The fourth-order valence-electron chi connectivity index (χ4n) is 15.3. The number of allylic oxidation sites excluding steroid dienone is 4. The van der Waals surface area contributed by atoms with Gasteiger partial charge in [0.2, 0.25) is 5.91 Å². The lowest BCUT2D eigenvalue weighted by molar-refractivity contribution is -0.160. The second kappa shape index (κ2) is 36.3. The van der Waals surface area contributed by atoms with E-state index in [9.17, 15) is 31.1 Å². The smallest absolute Gasteiger partial charge is 0.369 e. The van der Waals surface area contributed by atoms with E-state index in [1.165, 1.54) is 24.3 Å². The zero-order valence-electron chi connectivity index (χ0n) is 58.8. The van der Waals surface area contributed by atoms with Gasteiger partial charge in [0, 0.05) is 174 Å². The molecule has 0 radical (unpaired) electrons. The van der Waals surface area contributed by atoms with Crippen LogP contribution in [0.3, 0.4) is 0 Å². The summed E-state index contributed by atoms with van der Waals surface area (Å²) in [5.74, 6) is 1.02. The van der Waals surface area contributed by atoms with Crippen molar-refractivity contribution in [1.29, 1.82) is 0 Å². The predicted octanol–water partition coefficient (Wildman–Crippen LogP) is 14.1. The molecule has 528 valence electrons. The zero-order valence-corrected chi connectivity index (χ0v) is 59.6. The maximum absolute atomic E-state index is 14.8. The highest BCUT2D eigenvalue weighted by atomic mass is 35.5. The van der Waals surface area contributed by atoms with Gasteiger partial charge < -0.3 is 51.5 Å². The van der Waals surface area contributed by atoms with E-state index in [1.54, 1.807) is 24.5 Å². The Balaban J connectivity index is 1.22. The van der Waals surface area contributed by atoms with Gasteiger partial charge in [-0.1, -0.05) is 109 Å². The number of halogens is 7. The summed E-state index contributed by atoms with van der Waals surface area (Å²) >= 11 is 6.18. The van der Waals surface area contributed by atoms with Crippen LogP contribution in [0.4, 0.5) is 26.3 Å².